The summed E-state index contributed by atoms with van der Waals surface area (Å²) in [6, 6.07) is 5.23. The van der Waals surface area contributed by atoms with Crippen molar-refractivity contribution < 1.29 is 13.2 Å². The van der Waals surface area contributed by atoms with Gasteiger partial charge in [-0.3, -0.25) is 0 Å². The van der Waals surface area contributed by atoms with E-state index in [4.69, 9.17) is 11.6 Å². The van der Waals surface area contributed by atoms with Gasteiger partial charge in [0.05, 0.1) is 16.9 Å². The average molecular weight is 328 g/mol. The van der Waals surface area contributed by atoms with Gasteiger partial charge in [-0.05, 0) is 37.8 Å². The molecule has 1 aromatic heterocycles. The predicted octanol–water partition coefficient (Wildman–Crippen LogP) is 4.77. The summed E-state index contributed by atoms with van der Waals surface area (Å²) in [4.78, 5) is 8.40. The summed E-state index contributed by atoms with van der Waals surface area (Å²) in [5, 5.41) is 2.96. The zero-order valence-corrected chi connectivity index (χ0v) is 12.3. The van der Waals surface area contributed by atoms with Crippen molar-refractivity contribution in [2.75, 3.05) is 5.32 Å². The van der Waals surface area contributed by atoms with Gasteiger partial charge >= 0.3 is 6.18 Å². The van der Waals surface area contributed by atoms with Crippen molar-refractivity contribution in [3.8, 4) is 0 Å². The molecule has 0 amide bonds. The van der Waals surface area contributed by atoms with Crippen LogP contribution in [0.4, 0.5) is 24.8 Å². The Bertz CT molecular complexity index is 701. The molecule has 1 N–H and O–H groups in total. The molecule has 2 aromatic rings. The number of nitrogens with zero attached hydrogens (tertiary/aromatic N) is 2. The molecule has 0 atom stereocenters. The van der Waals surface area contributed by atoms with Crippen LogP contribution in [0.2, 0.25) is 5.15 Å². The van der Waals surface area contributed by atoms with Crippen molar-refractivity contribution in [1.82, 2.24) is 9.97 Å². The molecule has 0 spiro atoms. The number of benzene rings is 1. The molecule has 1 aliphatic carbocycles. The first-order valence-electron chi connectivity index (χ1n) is 6.93. The van der Waals surface area contributed by atoms with Gasteiger partial charge in [-0.15, -0.1) is 0 Å². The predicted molar refractivity (Wildman–Crippen MR) is 78.4 cm³/mol. The highest BCUT2D eigenvalue weighted by Gasteiger charge is 2.33. The van der Waals surface area contributed by atoms with E-state index < -0.39 is 11.7 Å². The zero-order chi connectivity index (χ0) is 15.7. The molecule has 7 heteroatoms. The molecule has 3 nitrogen and oxygen atoms in total. The highest BCUT2D eigenvalue weighted by Crippen LogP contribution is 2.36. The molecule has 0 bridgehead atoms. The van der Waals surface area contributed by atoms with Gasteiger partial charge in [-0.25, -0.2) is 9.97 Å². The van der Waals surface area contributed by atoms with Crippen molar-refractivity contribution in [3.05, 3.63) is 46.2 Å². The number of para-hydroxylation sites is 1. The van der Waals surface area contributed by atoms with Crippen LogP contribution in [0.1, 0.15) is 29.7 Å². The van der Waals surface area contributed by atoms with Gasteiger partial charge in [-0.1, -0.05) is 23.7 Å². The molecular weight excluding hydrogens is 315 g/mol. The Hall–Kier alpha value is -1.82. The van der Waals surface area contributed by atoms with Crippen molar-refractivity contribution in [1.29, 1.82) is 0 Å². The van der Waals surface area contributed by atoms with E-state index in [1.54, 1.807) is 0 Å². The molecule has 3 rings (SSSR count). The molecule has 0 aliphatic heterocycles. The minimum atomic E-state index is -4.44. The number of aryl methyl sites for hydroxylation is 1. The number of rotatable bonds is 2. The lowest BCUT2D eigenvalue weighted by Crippen LogP contribution is -2.12. The maximum atomic E-state index is 13.0. The van der Waals surface area contributed by atoms with Gasteiger partial charge in [0.15, 0.2) is 0 Å². The number of halogens is 4. The third kappa shape index (κ3) is 3.02. The van der Waals surface area contributed by atoms with Crippen molar-refractivity contribution >= 4 is 23.2 Å². The number of fused-ring (bicyclic) bond motifs is 1. The van der Waals surface area contributed by atoms with Crippen LogP contribution in [-0.4, -0.2) is 9.97 Å². The minimum Gasteiger partial charge on any atom is -0.324 e. The highest BCUT2D eigenvalue weighted by molar-refractivity contribution is 6.30. The van der Waals surface area contributed by atoms with E-state index in [-0.39, 0.29) is 11.6 Å². The lowest BCUT2D eigenvalue weighted by molar-refractivity contribution is -0.136. The second-order valence-electron chi connectivity index (χ2n) is 5.14. The van der Waals surface area contributed by atoms with E-state index in [9.17, 15) is 13.2 Å². The van der Waals surface area contributed by atoms with Crippen LogP contribution < -0.4 is 5.32 Å². The summed E-state index contributed by atoms with van der Waals surface area (Å²) < 4.78 is 39.0. The first-order valence-corrected chi connectivity index (χ1v) is 7.31. The van der Waals surface area contributed by atoms with E-state index >= 15 is 0 Å². The number of hydrogen-bond donors (Lipinski definition) is 1. The van der Waals surface area contributed by atoms with Gasteiger partial charge in [-0.2, -0.15) is 13.2 Å². The highest BCUT2D eigenvalue weighted by atomic mass is 35.5. The normalized spacial score (nSPS) is 14.5. The molecule has 1 aromatic carbocycles. The number of anilines is 2. The topological polar surface area (TPSA) is 37.8 Å². The molecule has 1 heterocycles. The van der Waals surface area contributed by atoms with E-state index in [0.29, 0.717) is 5.15 Å². The van der Waals surface area contributed by atoms with Crippen molar-refractivity contribution in [2.45, 2.75) is 31.9 Å². The summed E-state index contributed by atoms with van der Waals surface area (Å²) in [7, 11) is 0. The van der Waals surface area contributed by atoms with Gasteiger partial charge in [0.25, 0.3) is 0 Å². The summed E-state index contributed by atoms with van der Waals surface area (Å²) >= 11 is 6.13. The Balaban J connectivity index is 1.96. The lowest BCUT2D eigenvalue weighted by atomic mass is 9.97. The maximum absolute atomic E-state index is 13.0. The summed E-state index contributed by atoms with van der Waals surface area (Å²) in [5.74, 6) is 0.0994. The maximum Gasteiger partial charge on any atom is 0.418 e. The largest absolute Gasteiger partial charge is 0.418 e. The standard InChI is InChI=1S/C15H13ClF3N3/c16-13-9-5-1-3-7-11(9)20-14(22-13)21-12-8-4-2-6-10(12)15(17,18)19/h2,4,6,8H,1,3,5,7H2,(H,20,21,22). The lowest BCUT2D eigenvalue weighted by Gasteiger charge is -2.18. The molecule has 0 saturated carbocycles. The molecule has 0 fully saturated rings. The van der Waals surface area contributed by atoms with Crippen LogP contribution in [0, 0.1) is 0 Å². The Morgan fingerprint density at radius 2 is 1.77 bits per heavy atom. The van der Waals surface area contributed by atoms with Gasteiger partial charge in [0.1, 0.15) is 5.15 Å². The fourth-order valence-corrected chi connectivity index (χ4v) is 2.85. The first kappa shape index (κ1) is 15.1. The number of aromatic nitrogens is 2. The average Bonchev–Trinajstić information content (AvgIpc) is 2.47. The molecule has 116 valence electrons. The quantitative estimate of drug-likeness (QED) is 0.807. The Morgan fingerprint density at radius 3 is 2.55 bits per heavy atom. The van der Waals surface area contributed by atoms with Crippen LogP contribution in [0.15, 0.2) is 24.3 Å². The number of alkyl halides is 3. The SMILES string of the molecule is FC(F)(F)c1ccccc1Nc1nc(Cl)c2c(n1)CCCC2. The first-order chi connectivity index (χ1) is 10.4. The molecule has 0 radical (unpaired) electrons. The van der Waals surface area contributed by atoms with E-state index in [2.05, 4.69) is 15.3 Å². The Kier molecular flexibility index (Phi) is 3.95. The second-order valence-corrected chi connectivity index (χ2v) is 5.50. The van der Waals surface area contributed by atoms with Crippen LogP contribution in [0.5, 0.6) is 0 Å². The second kappa shape index (κ2) is 5.76. The Labute approximate surface area is 130 Å². The van der Waals surface area contributed by atoms with Crippen LogP contribution >= 0.6 is 11.6 Å². The van der Waals surface area contributed by atoms with Crippen LogP contribution in [0.3, 0.4) is 0 Å². The smallest absolute Gasteiger partial charge is 0.324 e. The van der Waals surface area contributed by atoms with Gasteiger partial charge in [0.2, 0.25) is 5.95 Å². The molecule has 1 aliphatic rings. The summed E-state index contributed by atoms with van der Waals surface area (Å²) in [6.07, 6.45) is -0.832. The van der Waals surface area contributed by atoms with Gasteiger partial charge < -0.3 is 5.32 Å². The van der Waals surface area contributed by atoms with E-state index in [1.165, 1.54) is 18.2 Å². The van der Waals surface area contributed by atoms with E-state index in [0.717, 1.165) is 43.0 Å². The van der Waals surface area contributed by atoms with E-state index in [1.807, 2.05) is 0 Å². The minimum absolute atomic E-state index is 0.0816. The van der Waals surface area contributed by atoms with Gasteiger partial charge in [0, 0.05) is 5.56 Å². The third-order valence-electron chi connectivity index (χ3n) is 3.61. The zero-order valence-electron chi connectivity index (χ0n) is 11.5. The summed E-state index contributed by atoms with van der Waals surface area (Å²) in [6.45, 7) is 0. The fourth-order valence-electron chi connectivity index (χ4n) is 2.56. The number of hydrogen-bond acceptors (Lipinski definition) is 3. The van der Waals surface area contributed by atoms with Crippen molar-refractivity contribution in [3.63, 3.8) is 0 Å². The third-order valence-corrected chi connectivity index (χ3v) is 3.92. The van der Waals surface area contributed by atoms with Crippen molar-refractivity contribution in [2.24, 2.45) is 0 Å². The fraction of sp³-hybridized carbons (Fsp3) is 0.333. The molecule has 0 saturated heterocycles. The molecule has 0 unspecified atom stereocenters. The van der Waals surface area contributed by atoms with Crippen LogP contribution in [-0.2, 0) is 19.0 Å². The Morgan fingerprint density at radius 1 is 1.05 bits per heavy atom. The van der Waals surface area contributed by atoms with Crippen LogP contribution in [0.25, 0.3) is 0 Å². The molecular formula is C15H13ClF3N3. The number of nitrogens with one attached hydrogen (secondary N) is 1. The molecule has 22 heavy (non-hydrogen) atoms. The monoisotopic (exact) mass is 327 g/mol. The summed E-state index contributed by atoms with van der Waals surface area (Å²) in [5.41, 5.74) is 0.884.